The summed E-state index contributed by atoms with van der Waals surface area (Å²) in [5, 5.41) is 3.14. The lowest BCUT2D eigenvalue weighted by molar-refractivity contribution is 0.0453. The number of benzene rings is 2. The van der Waals surface area contributed by atoms with Crippen molar-refractivity contribution in [3.8, 4) is 17.2 Å². The number of carbonyl (C=O) groups is 1. The predicted octanol–water partition coefficient (Wildman–Crippen LogP) is 4.21. The maximum Gasteiger partial charge on any atom is 0.360 e. The Bertz CT molecular complexity index is 1030. The zero-order valence-electron chi connectivity index (χ0n) is 17.7. The minimum absolute atomic E-state index is 0.100. The van der Waals surface area contributed by atoms with Crippen LogP contribution in [-0.4, -0.2) is 43.9 Å². The molecule has 0 amide bonds. The van der Waals surface area contributed by atoms with Gasteiger partial charge in [0.2, 0.25) is 5.75 Å². The number of methoxy groups -OCH3 is 3. The molecule has 0 aliphatic carbocycles. The lowest BCUT2D eigenvalue weighted by Crippen LogP contribution is -2.15. The molecule has 8 nitrogen and oxygen atoms in total. The van der Waals surface area contributed by atoms with Crippen LogP contribution in [0.15, 0.2) is 36.4 Å². The first-order chi connectivity index (χ1) is 14.5. The van der Waals surface area contributed by atoms with E-state index in [1.54, 1.807) is 18.2 Å². The molecule has 0 aliphatic heterocycles. The van der Waals surface area contributed by atoms with Crippen LogP contribution in [0.2, 0.25) is 0 Å². The summed E-state index contributed by atoms with van der Waals surface area (Å²) in [6.07, 6.45) is 0. The van der Waals surface area contributed by atoms with Gasteiger partial charge in [-0.15, -0.1) is 0 Å². The monoisotopic (exact) mass is 411 g/mol. The number of carbonyl (C=O) groups excluding carboxylic acids is 1. The highest BCUT2D eigenvalue weighted by Gasteiger charge is 2.20. The molecule has 0 fully saturated rings. The van der Waals surface area contributed by atoms with Crippen LogP contribution >= 0.6 is 0 Å². The summed E-state index contributed by atoms with van der Waals surface area (Å²) in [5.74, 6) is 1.34. The van der Waals surface area contributed by atoms with Crippen molar-refractivity contribution in [1.82, 2.24) is 9.97 Å². The summed E-state index contributed by atoms with van der Waals surface area (Å²) in [6.45, 7) is 4.22. The SMILES string of the molecule is COc1cc(Nc2nc3ccccc3nc2C(=O)OCC(C)C)cc(OC)c1OC. The van der Waals surface area contributed by atoms with E-state index in [-0.39, 0.29) is 24.0 Å². The maximum absolute atomic E-state index is 12.7. The van der Waals surface area contributed by atoms with E-state index in [0.717, 1.165) is 0 Å². The first-order valence-electron chi connectivity index (χ1n) is 9.47. The number of rotatable bonds is 8. The third-order valence-corrected chi connectivity index (χ3v) is 4.24. The van der Waals surface area contributed by atoms with Crippen LogP contribution in [0.25, 0.3) is 11.0 Å². The molecule has 158 valence electrons. The van der Waals surface area contributed by atoms with Crippen molar-refractivity contribution >= 4 is 28.5 Å². The van der Waals surface area contributed by atoms with Gasteiger partial charge in [0.05, 0.1) is 39.0 Å². The van der Waals surface area contributed by atoms with Gasteiger partial charge in [-0.2, -0.15) is 0 Å². The quantitative estimate of drug-likeness (QED) is 0.551. The molecule has 1 heterocycles. The molecule has 30 heavy (non-hydrogen) atoms. The van der Waals surface area contributed by atoms with E-state index in [2.05, 4.69) is 15.3 Å². The van der Waals surface area contributed by atoms with Gasteiger partial charge in [0.25, 0.3) is 0 Å². The topological polar surface area (TPSA) is 91.8 Å². The third-order valence-electron chi connectivity index (χ3n) is 4.24. The molecule has 3 aromatic rings. The number of anilines is 2. The highest BCUT2D eigenvalue weighted by molar-refractivity contribution is 5.96. The van der Waals surface area contributed by atoms with Crippen molar-refractivity contribution in [2.75, 3.05) is 33.3 Å². The van der Waals surface area contributed by atoms with Crippen molar-refractivity contribution in [2.24, 2.45) is 5.92 Å². The Morgan fingerprint density at radius 1 is 0.967 bits per heavy atom. The number of ether oxygens (including phenoxy) is 4. The van der Waals surface area contributed by atoms with Crippen LogP contribution in [0.5, 0.6) is 17.2 Å². The third kappa shape index (κ3) is 4.53. The van der Waals surface area contributed by atoms with Gasteiger partial charge in [-0.3, -0.25) is 0 Å². The second-order valence-corrected chi connectivity index (χ2v) is 6.94. The molecule has 0 saturated heterocycles. The summed E-state index contributed by atoms with van der Waals surface area (Å²) in [6, 6.07) is 10.8. The number of esters is 1. The highest BCUT2D eigenvalue weighted by Crippen LogP contribution is 2.40. The molecule has 0 radical (unpaired) electrons. The van der Waals surface area contributed by atoms with Crippen molar-refractivity contribution in [3.05, 3.63) is 42.1 Å². The van der Waals surface area contributed by atoms with Gasteiger partial charge in [-0.1, -0.05) is 26.0 Å². The molecule has 0 unspecified atom stereocenters. The van der Waals surface area contributed by atoms with E-state index in [1.165, 1.54) is 21.3 Å². The van der Waals surface area contributed by atoms with Gasteiger partial charge < -0.3 is 24.3 Å². The van der Waals surface area contributed by atoms with Crippen LogP contribution in [0.3, 0.4) is 0 Å². The van der Waals surface area contributed by atoms with Crippen LogP contribution in [0.4, 0.5) is 11.5 Å². The fourth-order valence-corrected chi connectivity index (χ4v) is 2.83. The predicted molar refractivity (Wildman–Crippen MR) is 114 cm³/mol. The van der Waals surface area contributed by atoms with Gasteiger partial charge in [-0.05, 0) is 18.1 Å². The van der Waals surface area contributed by atoms with Gasteiger partial charge in [-0.25, -0.2) is 14.8 Å². The number of nitrogens with zero attached hydrogens (tertiary/aromatic N) is 2. The van der Waals surface area contributed by atoms with Gasteiger partial charge >= 0.3 is 5.97 Å². The summed E-state index contributed by atoms with van der Waals surface area (Å²) in [4.78, 5) is 21.8. The van der Waals surface area contributed by atoms with Crippen LogP contribution in [0, 0.1) is 5.92 Å². The Balaban J connectivity index is 2.06. The number of fused-ring (bicyclic) bond motifs is 1. The lowest BCUT2D eigenvalue weighted by Gasteiger charge is -2.16. The maximum atomic E-state index is 12.7. The molecule has 1 aromatic heterocycles. The fraction of sp³-hybridized carbons (Fsp3) is 0.318. The molecule has 0 atom stereocenters. The average Bonchev–Trinajstić information content (AvgIpc) is 2.76. The zero-order valence-corrected chi connectivity index (χ0v) is 17.7. The Morgan fingerprint density at radius 3 is 2.10 bits per heavy atom. The van der Waals surface area contributed by atoms with E-state index in [4.69, 9.17) is 18.9 Å². The Labute approximate surface area is 175 Å². The highest BCUT2D eigenvalue weighted by atomic mass is 16.5. The number of hydrogen-bond donors (Lipinski definition) is 1. The van der Waals surface area contributed by atoms with Crippen LogP contribution < -0.4 is 19.5 Å². The zero-order chi connectivity index (χ0) is 21.7. The molecule has 8 heteroatoms. The second kappa shape index (κ2) is 9.30. The lowest BCUT2D eigenvalue weighted by atomic mass is 10.2. The Hall–Kier alpha value is -3.55. The molecule has 2 aromatic carbocycles. The molecule has 0 bridgehead atoms. The summed E-state index contributed by atoms with van der Waals surface area (Å²) >= 11 is 0. The van der Waals surface area contributed by atoms with E-state index < -0.39 is 5.97 Å². The first kappa shape index (κ1) is 21.2. The molecule has 1 N–H and O–H groups in total. The van der Waals surface area contributed by atoms with Crippen LogP contribution in [-0.2, 0) is 4.74 Å². The smallest absolute Gasteiger partial charge is 0.360 e. The van der Waals surface area contributed by atoms with E-state index in [0.29, 0.717) is 34.0 Å². The largest absolute Gasteiger partial charge is 0.493 e. The first-order valence-corrected chi connectivity index (χ1v) is 9.47. The molecule has 0 aliphatic rings. The molecular formula is C22H25N3O5. The molecular weight excluding hydrogens is 386 g/mol. The molecule has 0 spiro atoms. The standard InChI is InChI=1S/C22H25N3O5/c1-13(2)12-30-22(26)19-21(25-16-9-7-6-8-15(16)24-19)23-14-10-17(27-3)20(29-5)18(11-14)28-4/h6-11,13H,12H2,1-5H3,(H,23,25). The van der Waals surface area contributed by atoms with Crippen molar-refractivity contribution < 1.29 is 23.7 Å². The molecule has 0 saturated carbocycles. The van der Waals surface area contributed by atoms with Gasteiger partial charge in [0.15, 0.2) is 23.0 Å². The Morgan fingerprint density at radius 2 is 1.57 bits per heavy atom. The number of nitrogens with one attached hydrogen (secondary N) is 1. The van der Waals surface area contributed by atoms with Gasteiger partial charge in [0, 0.05) is 17.8 Å². The number of aromatic nitrogens is 2. The van der Waals surface area contributed by atoms with E-state index >= 15 is 0 Å². The van der Waals surface area contributed by atoms with E-state index in [9.17, 15) is 4.79 Å². The number of para-hydroxylation sites is 2. The van der Waals surface area contributed by atoms with Crippen molar-refractivity contribution in [3.63, 3.8) is 0 Å². The van der Waals surface area contributed by atoms with E-state index in [1.807, 2.05) is 32.0 Å². The fourth-order valence-electron chi connectivity index (χ4n) is 2.83. The average molecular weight is 411 g/mol. The van der Waals surface area contributed by atoms with Crippen molar-refractivity contribution in [2.45, 2.75) is 13.8 Å². The summed E-state index contributed by atoms with van der Waals surface area (Å²) in [5.41, 5.74) is 1.94. The summed E-state index contributed by atoms with van der Waals surface area (Å²) in [7, 11) is 4.60. The molecule has 3 rings (SSSR count). The van der Waals surface area contributed by atoms with Crippen molar-refractivity contribution in [1.29, 1.82) is 0 Å². The minimum atomic E-state index is -0.545. The summed E-state index contributed by atoms with van der Waals surface area (Å²) < 4.78 is 21.5. The minimum Gasteiger partial charge on any atom is -0.493 e. The second-order valence-electron chi connectivity index (χ2n) is 6.94. The Kier molecular flexibility index (Phi) is 6.56. The van der Waals surface area contributed by atoms with Gasteiger partial charge in [0.1, 0.15) is 0 Å². The normalized spacial score (nSPS) is 10.7. The van der Waals surface area contributed by atoms with Crippen LogP contribution in [0.1, 0.15) is 24.3 Å². The number of hydrogen-bond acceptors (Lipinski definition) is 8.